The largest absolute Gasteiger partial charge is 0.472 e. The average Bonchev–Trinajstić information content (AvgIpc) is 3.57. The zero-order valence-electron chi connectivity index (χ0n) is 35.5. The van der Waals surface area contributed by atoms with Crippen molar-refractivity contribution in [3.8, 4) is 5.88 Å². The van der Waals surface area contributed by atoms with Crippen LogP contribution in [0, 0.1) is 0 Å². The lowest BCUT2D eigenvalue weighted by Crippen LogP contribution is -2.47. The second kappa shape index (κ2) is 26.0. The molecule has 0 unspecified atom stereocenters. The minimum Gasteiger partial charge on any atom is -0.472 e. The van der Waals surface area contributed by atoms with E-state index in [9.17, 15) is 19.2 Å². The van der Waals surface area contributed by atoms with Gasteiger partial charge in [-0.25, -0.2) is 4.98 Å². The Morgan fingerprint density at radius 2 is 1.47 bits per heavy atom. The molecule has 0 aliphatic carbocycles. The number of benzene rings is 1. The molecule has 18 heteroatoms. The molecular weight excluding hydrogens is 761 g/mol. The molecule has 3 aromatic rings. The van der Waals surface area contributed by atoms with Crippen molar-refractivity contribution >= 4 is 40.5 Å². The van der Waals surface area contributed by atoms with Gasteiger partial charge in [-0.05, 0) is 64.2 Å². The van der Waals surface area contributed by atoms with Crippen molar-refractivity contribution in [1.82, 2.24) is 41.0 Å². The van der Waals surface area contributed by atoms with Crippen molar-refractivity contribution in [3.63, 3.8) is 0 Å². The number of carbonyl (C=O) groups is 4. The van der Waals surface area contributed by atoms with Gasteiger partial charge in [0, 0.05) is 45.4 Å². The summed E-state index contributed by atoms with van der Waals surface area (Å²) in [5.41, 5.74) is 15.3. The molecule has 3 rings (SSSR count). The Bertz CT molecular complexity index is 1830. The van der Waals surface area contributed by atoms with Crippen LogP contribution in [0.15, 0.2) is 35.5 Å². The van der Waals surface area contributed by atoms with Crippen molar-refractivity contribution in [2.24, 2.45) is 5.73 Å². The molecule has 2 heterocycles. The first-order chi connectivity index (χ1) is 28.3. The second-order valence-electron chi connectivity index (χ2n) is 14.5. The topological polar surface area (TPSA) is 249 Å². The van der Waals surface area contributed by atoms with Gasteiger partial charge in [0.25, 0.3) is 11.8 Å². The molecule has 4 amide bonds. The lowest BCUT2D eigenvalue weighted by molar-refractivity contribution is -0.128. The number of aryl methyl sites for hydroxylation is 1. The molecule has 0 aliphatic rings. The first-order valence-electron chi connectivity index (χ1n) is 20.4. The number of nitrogens with one attached hydrogen (secondary N) is 4. The summed E-state index contributed by atoms with van der Waals surface area (Å²) in [6, 6.07) is 6.95. The zero-order chi connectivity index (χ0) is 43.2. The molecule has 0 bridgehead atoms. The molecule has 0 saturated carbocycles. The first-order valence-corrected chi connectivity index (χ1v) is 20.4. The number of fused-ring (bicyclic) bond motifs is 1. The number of nitrogens with zero attached hydrogens (tertiary/aromatic N) is 4. The number of hydrogen-bond donors (Lipinski definition) is 6. The van der Waals surface area contributed by atoms with Crippen molar-refractivity contribution in [2.45, 2.75) is 105 Å². The fourth-order valence-corrected chi connectivity index (χ4v) is 5.71. The van der Waals surface area contributed by atoms with Crippen LogP contribution in [0.3, 0.4) is 0 Å². The van der Waals surface area contributed by atoms with E-state index >= 15 is 0 Å². The second-order valence-corrected chi connectivity index (χ2v) is 14.5. The molecule has 1 aromatic carbocycles. The molecule has 0 aliphatic heterocycles. The van der Waals surface area contributed by atoms with Gasteiger partial charge in [0.15, 0.2) is 5.82 Å². The van der Waals surface area contributed by atoms with Gasteiger partial charge in [-0.15, -0.1) is 10.2 Å². The summed E-state index contributed by atoms with van der Waals surface area (Å²) < 4.78 is 24.1. The van der Waals surface area contributed by atoms with Crippen LogP contribution in [0.4, 0.5) is 5.82 Å². The summed E-state index contributed by atoms with van der Waals surface area (Å²) in [6.07, 6.45) is 3.06. The summed E-state index contributed by atoms with van der Waals surface area (Å²) >= 11 is 0. The van der Waals surface area contributed by atoms with Crippen molar-refractivity contribution in [2.75, 3.05) is 58.5 Å². The summed E-state index contributed by atoms with van der Waals surface area (Å²) in [4.78, 5) is 55.8. The predicted molar refractivity (Wildman–Crippen MR) is 224 cm³/mol. The Kier molecular flexibility index (Phi) is 21.3. The van der Waals surface area contributed by atoms with Gasteiger partial charge >= 0.3 is 0 Å². The molecule has 2 aromatic heterocycles. The van der Waals surface area contributed by atoms with Gasteiger partial charge in [0.05, 0.1) is 45.7 Å². The number of ether oxygens (including phenoxy) is 4. The lowest BCUT2D eigenvalue weighted by atomic mass is 10.1. The maximum absolute atomic E-state index is 13.1. The van der Waals surface area contributed by atoms with Crippen LogP contribution in [0.1, 0.15) is 90.6 Å². The number of hydrogen-bond acceptors (Lipinski definition) is 13. The van der Waals surface area contributed by atoms with Crippen molar-refractivity contribution in [1.29, 1.82) is 0 Å². The Labute approximate surface area is 346 Å². The minimum absolute atomic E-state index is 0.0327. The Morgan fingerprint density at radius 1 is 0.831 bits per heavy atom. The summed E-state index contributed by atoms with van der Waals surface area (Å²) in [6.45, 7) is 15.0. The summed E-state index contributed by atoms with van der Waals surface area (Å²) in [7, 11) is 0. The minimum atomic E-state index is -0.886. The van der Waals surface area contributed by atoms with Gasteiger partial charge < -0.3 is 56.2 Å². The number of nitrogen functional groups attached to an aromatic ring is 1. The van der Waals surface area contributed by atoms with Gasteiger partial charge in [-0.3, -0.25) is 19.2 Å². The van der Waals surface area contributed by atoms with Crippen molar-refractivity contribution in [3.05, 3.63) is 52.5 Å². The average molecular weight is 825 g/mol. The van der Waals surface area contributed by atoms with Crippen LogP contribution in [-0.4, -0.2) is 108 Å². The van der Waals surface area contributed by atoms with Crippen LogP contribution >= 0.6 is 0 Å². The smallest absolute Gasteiger partial charge is 0.268 e. The Hall–Kier alpha value is -5.17. The number of carbonyl (C=O) groups excluding carboxylic acids is 4. The van der Waals surface area contributed by atoms with Crippen LogP contribution in [0.2, 0.25) is 0 Å². The third-order valence-corrected chi connectivity index (χ3v) is 8.79. The number of rotatable bonds is 28. The van der Waals surface area contributed by atoms with E-state index in [0.29, 0.717) is 81.8 Å². The standard InChI is InChI=1S/C41H64N10O8/c1-7-8-10-32-47-36-37(41(59-28(4)5)50-49-38(36)43)51(32)26-31-15-13-30(14-16-31)25-45-39(54)29(6)46-40(55)35(27(2)3)48-34(53)12-9-11-33(52)44-18-20-57-22-24-58-23-21-56-19-17-42/h13-16,28-29H,7-12,17-26,42H2,1-6H3,(H2,43,49)(H,44,52)(H,45,54)(H,46,55)(H,48,53)/t29-/m0/s1. The highest BCUT2D eigenvalue weighted by atomic mass is 16.5. The van der Waals surface area contributed by atoms with Crippen LogP contribution < -0.4 is 37.5 Å². The van der Waals surface area contributed by atoms with E-state index < -0.39 is 23.8 Å². The van der Waals surface area contributed by atoms with Crippen LogP contribution in [0.5, 0.6) is 5.88 Å². The lowest BCUT2D eigenvalue weighted by Gasteiger charge is -2.17. The fourth-order valence-electron chi connectivity index (χ4n) is 5.71. The monoisotopic (exact) mass is 824 g/mol. The number of amides is 4. The molecule has 18 nitrogen and oxygen atoms in total. The highest BCUT2D eigenvalue weighted by Crippen LogP contribution is 2.29. The Morgan fingerprint density at radius 3 is 2.12 bits per heavy atom. The number of allylic oxidation sites excluding steroid dienone is 1. The number of nitrogens with two attached hydrogens (primary N) is 2. The maximum atomic E-state index is 13.1. The van der Waals surface area contributed by atoms with Crippen molar-refractivity contribution < 1.29 is 38.1 Å². The molecule has 59 heavy (non-hydrogen) atoms. The molecule has 0 saturated heterocycles. The van der Waals surface area contributed by atoms with Gasteiger partial charge in [0.1, 0.15) is 28.6 Å². The van der Waals surface area contributed by atoms with E-state index in [1.54, 1.807) is 20.8 Å². The van der Waals surface area contributed by atoms with Gasteiger partial charge in [-0.2, -0.15) is 0 Å². The third-order valence-electron chi connectivity index (χ3n) is 8.79. The highest BCUT2D eigenvalue weighted by molar-refractivity contribution is 6.00. The number of anilines is 1. The fraction of sp³-hybridized carbons (Fsp3) is 0.585. The predicted octanol–water partition coefficient (Wildman–Crippen LogP) is 2.41. The molecule has 0 spiro atoms. The molecule has 1 atom stereocenters. The first kappa shape index (κ1) is 48.2. The SMILES string of the molecule is CCCCc1nc2c(N)nnc(OC(C)C)c2n1Cc1ccc(CNC(=O)[C@H](C)NC(=O)C(NC(=O)CCCC(=O)NCCOCCOCCOCCN)=C(C)C)cc1. The van der Waals surface area contributed by atoms with Gasteiger partial charge in [-0.1, -0.05) is 37.6 Å². The third kappa shape index (κ3) is 16.9. The molecule has 0 fully saturated rings. The van der Waals surface area contributed by atoms with E-state index in [1.165, 1.54) is 0 Å². The summed E-state index contributed by atoms with van der Waals surface area (Å²) in [5.74, 6) is -0.0993. The molecule has 8 N–H and O–H groups in total. The summed E-state index contributed by atoms with van der Waals surface area (Å²) in [5, 5.41) is 19.2. The molecule has 326 valence electrons. The molecule has 0 radical (unpaired) electrons. The van der Waals surface area contributed by atoms with Crippen LogP contribution in [-0.2, 0) is 52.9 Å². The number of unbranched alkanes of at least 4 members (excludes halogenated alkanes) is 1. The van der Waals surface area contributed by atoms with E-state index in [-0.39, 0.29) is 49.3 Å². The van der Waals surface area contributed by atoms with E-state index in [0.717, 1.165) is 36.2 Å². The van der Waals surface area contributed by atoms with Gasteiger partial charge in [0.2, 0.25) is 17.7 Å². The maximum Gasteiger partial charge on any atom is 0.268 e. The zero-order valence-corrected chi connectivity index (χ0v) is 35.5. The van der Waals surface area contributed by atoms with E-state index in [1.807, 2.05) is 38.1 Å². The van der Waals surface area contributed by atoms with E-state index in [2.05, 4.69) is 43.0 Å². The number of aromatic nitrogens is 4. The molecular formula is C41H64N10O8. The number of imidazole rings is 1. The normalized spacial score (nSPS) is 11.7. The van der Waals surface area contributed by atoms with E-state index in [4.69, 9.17) is 35.4 Å². The highest BCUT2D eigenvalue weighted by Gasteiger charge is 2.22. The Balaban J connectivity index is 1.42. The quantitative estimate of drug-likeness (QED) is 0.0456. The van der Waals surface area contributed by atoms with Crippen LogP contribution in [0.25, 0.3) is 11.0 Å².